The average Bonchev–Trinajstić information content (AvgIpc) is 2.86. The number of hydrogen-bond donors (Lipinski definition) is 0. The second kappa shape index (κ2) is 21.3. The van der Waals surface area contributed by atoms with Gasteiger partial charge in [-0.15, -0.1) is 0 Å². The van der Waals surface area contributed by atoms with Crippen LogP contribution in [-0.2, 0) is 9.47 Å². The standard InChI is InChI=1S/C30H46O4/c1-3-5-7-9-11-12-13-14-16-18-20-25-34-30(32)28-23-21-22-27(26-28)29(31)33-24-19-17-15-10-8-6-4-2/h21-23,26H,3-17,19,24-25H2,1-2H3. The molecule has 0 heterocycles. The van der Waals surface area contributed by atoms with Crippen molar-refractivity contribution in [2.45, 2.75) is 117 Å². The van der Waals surface area contributed by atoms with Gasteiger partial charge in [0.05, 0.1) is 17.7 Å². The third kappa shape index (κ3) is 15.5. The molecule has 1 rings (SSSR count). The molecule has 0 aromatic heterocycles. The van der Waals surface area contributed by atoms with Crippen LogP contribution in [-0.4, -0.2) is 25.2 Å². The zero-order chi connectivity index (χ0) is 24.7. The molecule has 34 heavy (non-hydrogen) atoms. The molecule has 0 saturated heterocycles. The Morgan fingerprint density at radius 1 is 0.647 bits per heavy atom. The Morgan fingerprint density at radius 2 is 1.15 bits per heavy atom. The Kier molecular flexibility index (Phi) is 18.6. The molecule has 0 aliphatic carbocycles. The molecule has 0 aliphatic heterocycles. The fraction of sp³-hybridized carbons (Fsp3) is 0.667. The van der Waals surface area contributed by atoms with Crippen LogP contribution in [0.25, 0.3) is 0 Å². The van der Waals surface area contributed by atoms with E-state index in [0.29, 0.717) is 17.7 Å². The monoisotopic (exact) mass is 470 g/mol. The summed E-state index contributed by atoms with van der Waals surface area (Å²) in [5, 5.41) is 0. The molecule has 0 bridgehead atoms. The van der Waals surface area contributed by atoms with Gasteiger partial charge in [0, 0.05) is 6.42 Å². The van der Waals surface area contributed by atoms with Crippen molar-refractivity contribution in [1.29, 1.82) is 0 Å². The van der Waals surface area contributed by atoms with Crippen molar-refractivity contribution < 1.29 is 19.1 Å². The van der Waals surface area contributed by atoms with Crippen LogP contribution in [0.15, 0.2) is 24.3 Å². The summed E-state index contributed by atoms with van der Waals surface area (Å²) in [6, 6.07) is 6.51. The van der Waals surface area contributed by atoms with Crippen LogP contribution in [0.2, 0.25) is 0 Å². The smallest absolute Gasteiger partial charge is 0.339 e. The van der Waals surface area contributed by atoms with Gasteiger partial charge in [-0.3, -0.25) is 0 Å². The third-order valence-electron chi connectivity index (χ3n) is 5.87. The maximum absolute atomic E-state index is 12.3. The molecule has 0 amide bonds. The molecule has 0 aliphatic rings. The number of benzene rings is 1. The van der Waals surface area contributed by atoms with Gasteiger partial charge in [0.25, 0.3) is 0 Å². The van der Waals surface area contributed by atoms with Gasteiger partial charge in [0.15, 0.2) is 6.61 Å². The summed E-state index contributed by atoms with van der Waals surface area (Å²) in [6.07, 6.45) is 19.3. The number of hydrogen-bond acceptors (Lipinski definition) is 4. The predicted molar refractivity (Wildman–Crippen MR) is 140 cm³/mol. The first-order valence-electron chi connectivity index (χ1n) is 13.6. The summed E-state index contributed by atoms with van der Waals surface area (Å²) < 4.78 is 10.6. The fourth-order valence-electron chi connectivity index (χ4n) is 3.75. The molecule has 190 valence electrons. The summed E-state index contributed by atoms with van der Waals surface area (Å²) >= 11 is 0. The van der Waals surface area contributed by atoms with E-state index in [9.17, 15) is 9.59 Å². The number of carbonyl (C=O) groups excluding carboxylic acids is 2. The Morgan fingerprint density at radius 3 is 1.74 bits per heavy atom. The highest BCUT2D eigenvalue weighted by atomic mass is 16.5. The number of esters is 2. The molecular formula is C30H46O4. The fourth-order valence-corrected chi connectivity index (χ4v) is 3.75. The zero-order valence-corrected chi connectivity index (χ0v) is 21.7. The molecule has 4 heteroatoms. The van der Waals surface area contributed by atoms with Crippen LogP contribution in [0.4, 0.5) is 0 Å². The van der Waals surface area contributed by atoms with E-state index in [-0.39, 0.29) is 6.61 Å². The lowest BCUT2D eigenvalue weighted by Gasteiger charge is -2.06. The van der Waals surface area contributed by atoms with Gasteiger partial charge in [-0.1, -0.05) is 115 Å². The minimum absolute atomic E-state index is 0.0722. The first kappa shape index (κ1) is 29.8. The van der Waals surface area contributed by atoms with E-state index >= 15 is 0 Å². The number of unbranched alkanes of at least 4 members (excludes halogenated alkanes) is 14. The third-order valence-corrected chi connectivity index (χ3v) is 5.87. The molecule has 4 nitrogen and oxygen atoms in total. The quantitative estimate of drug-likeness (QED) is 0.116. The van der Waals surface area contributed by atoms with E-state index in [0.717, 1.165) is 25.7 Å². The summed E-state index contributed by atoms with van der Waals surface area (Å²) in [7, 11) is 0. The normalized spacial score (nSPS) is 10.4. The van der Waals surface area contributed by atoms with E-state index in [2.05, 4.69) is 25.7 Å². The maximum Gasteiger partial charge on any atom is 0.339 e. The highest BCUT2D eigenvalue weighted by molar-refractivity contribution is 5.95. The molecule has 0 unspecified atom stereocenters. The Labute approximate surface area is 208 Å². The van der Waals surface area contributed by atoms with Gasteiger partial charge < -0.3 is 9.47 Å². The van der Waals surface area contributed by atoms with E-state index in [1.807, 2.05) is 0 Å². The van der Waals surface area contributed by atoms with Gasteiger partial charge in [0.1, 0.15) is 0 Å². The Bertz CT molecular complexity index is 729. The van der Waals surface area contributed by atoms with Crippen molar-refractivity contribution in [2.75, 3.05) is 13.2 Å². The van der Waals surface area contributed by atoms with Crippen molar-refractivity contribution in [2.24, 2.45) is 0 Å². The van der Waals surface area contributed by atoms with Crippen LogP contribution in [0.5, 0.6) is 0 Å². The molecule has 0 spiro atoms. The summed E-state index contributed by atoms with van der Waals surface area (Å²) in [5.74, 6) is 5.13. The first-order valence-corrected chi connectivity index (χ1v) is 13.6. The Balaban J connectivity index is 2.19. The molecule has 1 aromatic rings. The topological polar surface area (TPSA) is 52.6 Å². The molecule has 0 radical (unpaired) electrons. The molecule has 0 fully saturated rings. The summed E-state index contributed by atoms with van der Waals surface area (Å²) in [5.41, 5.74) is 0.716. The lowest BCUT2D eigenvalue weighted by atomic mass is 10.1. The molecule has 0 atom stereocenters. The predicted octanol–water partition coefficient (Wildman–Crippen LogP) is 8.29. The zero-order valence-electron chi connectivity index (χ0n) is 21.7. The molecule has 1 aromatic carbocycles. The van der Waals surface area contributed by atoms with E-state index in [1.54, 1.807) is 18.2 Å². The maximum atomic E-state index is 12.3. The molecule has 0 N–H and O–H groups in total. The van der Waals surface area contributed by atoms with E-state index in [4.69, 9.17) is 9.47 Å². The van der Waals surface area contributed by atoms with Crippen LogP contribution >= 0.6 is 0 Å². The van der Waals surface area contributed by atoms with Crippen LogP contribution in [0, 0.1) is 11.8 Å². The minimum Gasteiger partial charge on any atom is -0.462 e. The van der Waals surface area contributed by atoms with E-state index in [1.165, 1.54) is 83.1 Å². The van der Waals surface area contributed by atoms with Gasteiger partial charge in [-0.25, -0.2) is 9.59 Å². The van der Waals surface area contributed by atoms with Crippen molar-refractivity contribution in [1.82, 2.24) is 0 Å². The number of carbonyl (C=O) groups is 2. The van der Waals surface area contributed by atoms with Gasteiger partial charge >= 0.3 is 11.9 Å². The van der Waals surface area contributed by atoms with Gasteiger partial charge in [-0.2, -0.15) is 0 Å². The van der Waals surface area contributed by atoms with Crippen LogP contribution in [0.3, 0.4) is 0 Å². The van der Waals surface area contributed by atoms with E-state index < -0.39 is 11.9 Å². The Hall–Kier alpha value is -2.28. The number of rotatable bonds is 19. The highest BCUT2D eigenvalue weighted by Crippen LogP contribution is 2.11. The SMILES string of the molecule is CCCCCCCCCCC#CCOC(=O)c1cccc(C(=O)OCCCCCCCCC)c1. The van der Waals surface area contributed by atoms with Crippen molar-refractivity contribution >= 4 is 11.9 Å². The largest absolute Gasteiger partial charge is 0.462 e. The second-order valence-corrected chi connectivity index (χ2v) is 8.99. The highest BCUT2D eigenvalue weighted by Gasteiger charge is 2.12. The summed E-state index contributed by atoms with van der Waals surface area (Å²) in [4.78, 5) is 24.5. The molecule has 0 saturated carbocycles. The van der Waals surface area contributed by atoms with Gasteiger partial charge in [-0.05, 0) is 31.0 Å². The lowest BCUT2D eigenvalue weighted by Crippen LogP contribution is -2.10. The second-order valence-electron chi connectivity index (χ2n) is 8.99. The first-order chi connectivity index (χ1) is 16.7. The average molecular weight is 471 g/mol. The summed E-state index contributed by atoms with van der Waals surface area (Å²) in [6.45, 7) is 4.93. The van der Waals surface area contributed by atoms with Crippen LogP contribution < -0.4 is 0 Å². The number of ether oxygens (including phenoxy) is 2. The van der Waals surface area contributed by atoms with Crippen molar-refractivity contribution in [3.05, 3.63) is 35.4 Å². The molecular weight excluding hydrogens is 424 g/mol. The lowest BCUT2D eigenvalue weighted by molar-refractivity contribution is 0.0497. The van der Waals surface area contributed by atoms with Crippen LogP contribution in [0.1, 0.15) is 137 Å². The van der Waals surface area contributed by atoms with Crippen molar-refractivity contribution in [3.8, 4) is 11.8 Å². The minimum atomic E-state index is -0.469. The van der Waals surface area contributed by atoms with Gasteiger partial charge in [0.2, 0.25) is 0 Å². The van der Waals surface area contributed by atoms with Crippen molar-refractivity contribution in [3.63, 3.8) is 0 Å².